The van der Waals surface area contributed by atoms with Crippen molar-refractivity contribution in [2.75, 3.05) is 13.7 Å². The molecule has 0 aromatic heterocycles. The van der Waals surface area contributed by atoms with E-state index in [1.807, 2.05) is 51.1 Å². The van der Waals surface area contributed by atoms with E-state index in [-0.39, 0.29) is 11.9 Å². The van der Waals surface area contributed by atoms with E-state index in [0.29, 0.717) is 19.4 Å². The quantitative estimate of drug-likeness (QED) is 0.782. The van der Waals surface area contributed by atoms with E-state index >= 15 is 0 Å². The Hall–Kier alpha value is -2.04. The third-order valence-corrected chi connectivity index (χ3v) is 3.29. The smallest absolute Gasteiger partial charge is 0.407 e. The van der Waals surface area contributed by atoms with Gasteiger partial charge in [-0.05, 0) is 45.1 Å². The first-order valence-corrected chi connectivity index (χ1v) is 7.87. The molecule has 0 aliphatic heterocycles. The molecule has 0 bridgehead atoms. The van der Waals surface area contributed by atoms with Crippen LogP contribution in [0.1, 0.15) is 39.2 Å². The number of hydrogen-bond donors (Lipinski definition) is 1. The highest BCUT2D eigenvalue weighted by Gasteiger charge is 2.18. The molecule has 1 aromatic carbocycles. The summed E-state index contributed by atoms with van der Waals surface area (Å²) in [6.45, 7) is 5.93. The van der Waals surface area contributed by atoms with Gasteiger partial charge in [-0.15, -0.1) is 0 Å². The zero-order chi connectivity index (χ0) is 17.3. The van der Waals surface area contributed by atoms with E-state index in [1.54, 1.807) is 0 Å². The van der Waals surface area contributed by atoms with Crippen LogP contribution < -0.4 is 5.32 Å². The van der Waals surface area contributed by atoms with Gasteiger partial charge in [0.15, 0.2) is 0 Å². The number of esters is 1. The maximum Gasteiger partial charge on any atom is 0.407 e. The number of methoxy groups -OCH3 is 1. The Balaban J connectivity index is 2.56. The van der Waals surface area contributed by atoms with E-state index in [2.05, 4.69) is 5.32 Å². The predicted octanol–water partition coefficient (Wildman–Crippen LogP) is 3.32. The summed E-state index contributed by atoms with van der Waals surface area (Å²) in [5, 5.41) is 2.79. The van der Waals surface area contributed by atoms with E-state index in [4.69, 9.17) is 9.47 Å². The summed E-state index contributed by atoms with van der Waals surface area (Å²) in [5.41, 5.74) is 0.652. The molecule has 1 N–H and O–H groups in total. The molecule has 0 aliphatic rings. The standard InChI is InChI=1S/C18H27NO4/c1-18(2,3)23-17(21)19-13-15(10-11-16(20)22-4)12-14-8-6-5-7-9-14/h5-9,15H,10-13H2,1-4H3,(H,19,21). The molecule has 0 radical (unpaired) electrons. The number of benzene rings is 1. The Morgan fingerprint density at radius 3 is 2.39 bits per heavy atom. The summed E-state index contributed by atoms with van der Waals surface area (Å²) in [7, 11) is 1.38. The van der Waals surface area contributed by atoms with Gasteiger partial charge >= 0.3 is 12.1 Å². The van der Waals surface area contributed by atoms with Crippen molar-refractivity contribution in [1.82, 2.24) is 5.32 Å². The molecule has 1 unspecified atom stereocenters. The molecule has 1 atom stereocenters. The number of ether oxygens (including phenoxy) is 2. The number of alkyl carbamates (subject to hydrolysis) is 1. The Labute approximate surface area is 138 Å². The molecule has 1 amide bonds. The molecule has 0 fully saturated rings. The summed E-state index contributed by atoms with van der Waals surface area (Å²) in [6, 6.07) is 10.0. The molecule has 5 nitrogen and oxygen atoms in total. The first kappa shape index (κ1) is 19.0. The van der Waals surface area contributed by atoms with Crippen molar-refractivity contribution in [2.45, 2.75) is 45.6 Å². The Morgan fingerprint density at radius 2 is 1.83 bits per heavy atom. The molecule has 5 heteroatoms. The minimum Gasteiger partial charge on any atom is -0.469 e. The van der Waals surface area contributed by atoms with Crippen LogP contribution in [-0.2, 0) is 20.7 Å². The van der Waals surface area contributed by atoms with Gasteiger partial charge in [-0.3, -0.25) is 4.79 Å². The van der Waals surface area contributed by atoms with Crippen molar-refractivity contribution in [1.29, 1.82) is 0 Å². The van der Waals surface area contributed by atoms with Crippen LogP contribution in [0.25, 0.3) is 0 Å². The second-order valence-corrected chi connectivity index (χ2v) is 6.55. The molecule has 0 saturated carbocycles. The van der Waals surface area contributed by atoms with Crippen molar-refractivity contribution < 1.29 is 19.1 Å². The van der Waals surface area contributed by atoms with Crippen LogP contribution in [-0.4, -0.2) is 31.3 Å². The molecule has 1 aromatic rings. The van der Waals surface area contributed by atoms with Crippen molar-refractivity contribution in [2.24, 2.45) is 5.92 Å². The van der Waals surface area contributed by atoms with Crippen molar-refractivity contribution >= 4 is 12.1 Å². The van der Waals surface area contributed by atoms with Crippen molar-refractivity contribution in [3.05, 3.63) is 35.9 Å². The van der Waals surface area contributed by atoms with Gasteiger partial charge in [0.2, 0.25) is 0 Å². The van der Waals surface area contributed by atoms with Crippen LogP contribution in [0.4, 0.5) is 4.79 Å². The van der Waals surface area contributed by atoms with E-state index in [1.165, 1.54) is 12.7 Å². The van der Waals surface area contributed by atoms with Gasteiger partial charge in [0, 0.05) is 13.0 Å². The monoisotopic (exact) mass is 321 g/mol. The normalized spacial score (nSPS) is 12.3. The van der Waals surface area contributed by atoms with Gasteiger partial charge in [-0.2, -0.15) is 0 Å². The maximum atomic E-state index is 11.8. The number of amides is 1. The summed E-state index contributed by atoms with van der Waals surface area (Å²) < 4.78 is 9.93. The highest BCUT2D eigenvalue weighted by Crippen LogP contribution is 2.15. The maximum absolute atomic E-state index is 11.8. The fourth-order valence-corrected chi connectivity index (χ4v) is 2.19. The lowest BCUT2D eigenvalue weighted by atomic mass is 9.94. The third kappa shape index (κ3) is 8.86. The van der Waals surface area contributed by atoms with Crippen LogP contribution in [0.5, 0.6) is 0 Å². The minimum absolute atomic E-state index is 0.143. The topological polar surface area (TPSA) is 64.6 Å². The summed E-state index contributed by atoms with van der Waals surface area (Å²) in [4.78, 5) is 23.1. The van der Waals surface area contributed by atoms with Crippen LogP contribution in [0.2, 0.25) is 0 Å². The lowest BCUT2D eigenvalue weighted by molar-refractivity contribution is -0.140. The Kier molecular flexibility index (Phi) is 7.59. The second-order valence-electron chi connectivity index (χ2n) is 6.55. The van der Waals surface area contributed by atoms with Crippen LogP contribution in [0.3, 0.4) is 0 Å². The molecule has 0 aliphatic carbocycles. The van der Waals surface area contributed by atoms with Crippen LogP contribution in [0, 0.1) is 5.92 Å². The number of hydrogen-bond acceptors (Lipinski definition) is 4. The molecule has 128 valence electrons. The molecule has 0 heterocycles. The average molecular weight is 321 g/mol. The third-order valence-electron chi connectivity index (χ3n) is 3.29. The molecule has 23 heavy (non-hydrogen) atoms. The zero-order valence-corrected chi connectivity index (χ0v) is 14.4. The number of carbonyl (C=O) groups excluding carboxylic acids is 2. The SMILES string of the molecule is COC(=O)CCC(CNC(=O)OC(C)(C)C)Cc1ccccc1. The fraction of sp³-hybridized carbons (Fsp3) is 0.556. The number of nitrogens with one attached hydrogen (secondary N) is 1. The molecule has 1 rings (SSSR count). The fourth-order valence-electron chi connectivity index (χ4n) is 2.19. The Bertz CT molecular complexity index is 493. The largest absolute Gasteiger partial charge is 0.469 e. The van der Waals surface area contributed by atoms with Crippen molar-refractivity contribution in [3.8, 4) is 0 Å². The molecular weight excluding hydrogens is 294 g/mol. The Morgan fingerprint density at radius 1 is 1.17 bits per heavy atom. The van der Waals surface area contributed by atoms with Crippen molar-refractivity contribution in [3.63, 3.8) is 0 Å². The summed E-state index contributed by atoms with van der Waals surface area (Å²) >= 11 is 0. The first-order valence-electron chi connectivity index (χ1n) is 7.87. The highest BCUT2D eigenvalue weighted by molar-refractivity contribution is 5.69. The van der Waals surface area contributed by atoms with E-state index in [9.17, 15) is 9.59 Å². The first-order chi connectivity index (χ1) is 10.8. The van der Waals surface area contributed by atoms with E-state index in [0.717, 1.165) is 6.42 Å². The van der Waals surface area contributed by atoms with Gasteiger partial charge in [0.05, 0.1) is 7.11 Å². The summed E-state index contributed by atoms with van der Waals surface area (Å²) in [6.07, 6.45) is 1.34. The van der Waals surface area contributed by atoms with Gasteiger partial charge < -0.3 is 14.8 Å². The second kappa shape index (κ2) is 9.18. The summed E-state index contributed by atoms with van der Waals surface area (Å²) in [5.74, 6) is -0.0932. The highest BCUT2D eigenvalue weighted by atomic mass is 16.6. The lowest BCUT2D eigenvalue weighted by Crippen LogP contribution is -2.35. The predicted molar refractivity (Wildman–Crippen MR) is 89.1 cm³/mol. The molecule has 0 spiro atoms. The average Bonchev–Trinajstić information content (AvgIpc) is 2.49. The number of carbonyl (C=O) groups is 2. The molecular formula is C18H27NO4. The lowest BCUT2D eigenvalue weighted by Gasteiger charge is -2.22. The zero-order valence-electron chi connectivity index (χ0n) is 14.4. The van der Waals surface area contributed by atoms with Crippen LogP contribution >= 0.6 is 0 Å². The van der Waals surface area contributed by atoms with Crippen LogP contribution in [0.15, 0.2) is 30.3 Å². The van der Waals surface area contributed by atoms with Gasteiger partial charge in [0.25, 0.3) is 0 Å². The van der Waals surface area contributed by atoms with Gasteiger partial charge in [-0.25, -0.2) is 4.79 Å². The minimum atomic E-state index is -0.523. The van der Waals surface area contributed by atoms with Gasteiger partial charge in [-0.1, -0.05) is 30.3 Å². The van der Waals surface area contributed by atoms with E-state index < -0.39 is 11.7 Å². The molecule has 0 saturated heterocycles. The van der Waals surface area contributed by atoms with Gasteiger partial charge in [0.1, 0.15) is 5.60 Å². The number of rotatable bonds is 7.